The average Bonchev–Trinajstić information content (AvgIpc) is 2.65. The summed E-state index contributed by atoms with van der Waals surface area (Å²) in [6.07, 6.45) is 0.671. The van der Waals surface area contributed by atoms with E-state index in [1.54, 1.807) is 25.1 Å². The number of nitrogens with zero attached hydrogens (tertiary/aromatic N) is 2. The van der Waals surface area contributed by atoms with Crippen LogP contribution in [0.25, 0.3) is 0 Å². The SMILES string of the molecule is COCCn1ncc(Br)c1C(O)C(C)OC. The zero-order chi connectivity index (χ0) is 12.1. The summed E-state index contributed by atoms with van der Waals surface area (Å²) in [5, 5.41) is 14.2. The molecule has 0 saturated heterocycles. The highest BCUT2D eigenvalue weighted by atomic mass is 79.9. The van der Waals surface area contributed by atoms with Crippen LogP contribution >= 0.6 is 15.9 Å². The Kier molecular flexibility index (Phi) is 5.40. The van der Waals surface area contributed by atoms with Gasteiger partial charge < -0.3 is 14.6 Å². The number of rotatable bonds is 6. The molecular weight excluding hydrogens is 276 g/mol. The third-order valence-electron chi connectivity index (χ3n) is 2.44. The summed E-state index contributed by atoms with van der Waals surface area (Å²) in [5.41, 5.74) is 0.714. The van der Waals surface area contributed by atoms with Gasteiger partial charge in [-0.05, 0) is 22.9 Å². The number of aliphatic hydroxyl groups excluding tert-OH is 1. The largest absolute Gasteiger partial charge is 0.384 e. The first-order valence-corrected chi connectivity index (χ1v) is 5.82. The molecule has 0 bridgehead atoms. The molecule has 1 N–H and O–H groups in total. The molecule has 0 fully saturated rings. The van der Waals surface area contributed by atoms with Crippen LogP contribution in [0.15, 0.2) is 10.7 Å². The van der Waals surface area contributed by atoms with E-state index in [0.29, 0.717) is 18.8 Å². The highest BCUT2D eigenvalue weighted by Crippen LogP contribution is 2.26. The van der Waals surface area contributed by atoms with Crippen LogP contribution in [0.1, 0.15) is 18.7 Å². The highest BCUT2D eigenvalue weighted by Gasteiger charge is 2.23. The van der Waals surface area contributed by atoms with Gasteiger partial charge in [0.1, 0.15) is 6.10 Å². The fourth-order valence-electron chi connectivity index (χ4n) is 1.37. The Morgan fingerprint density at radius 1 is 1.56 bits per heavy atom. The van der Waals surface area contributed by atoms with Crippen LogP contribution < -0.4 is 0 Å². The predicted octanol–water partition coefficient (Wildman–Crippen LogP) is 1.36. The highest BCUT2D eigenvalue weighted by molar-refractivity contribution is 9.10. The number of hydrogen-bond acceptors (Lipinski definition) is 4. The molecule has 5 nitrogen and oxygen atoms in total. The van der Waals surface area contributed by atoms with Crippen molar-refractivity contribution < 1.29 is 14.6 Å². The molecule has 1 aromatic heterocycles. The van der Waals surface area contributed by atoms with Crippen LogP contribution in [-0.4, -0.2) is 41.8 Å². The van der Waals surface area contributed by atoms with Crippen molar-refractivity contribution in [2.45, 2.75) is 25.7 Å². The molecule has 6 heteroatoms. The molecular formula is C10H17BrN2O3. The van der Waals surface area contributed by atoms with E-state index in [2.05, 4.69) is 21.0 Å². The van der Waals surface area contributed by atoms with Crippen molar-refractivity contribution in [2.24, 2.45) is 0 Å². The van der Waals surface area contributed by atoms with E-state index in [9.17, 15) is 5.11 Å². The van der Waals surface area contributed by atoms with E-state index in [4.69, 9.17) is 9.47 Å². The van der Waals surface area contributed by atoms with Gasteiger partial charge in [-0.15, -0.1) is 0 Å². The van der Waals surface area contributed by atoms with Crippen molar-refractivity contribution in [3.63, 3.8) is 0 Å². The number of methoxy groups -OCH3 is 2. The van der Waals surface area contributed by atoms with Crippen LogP contribution in [-0.2, 0) is 16.0 Å². The first-order chi connectivity index (χ1) is 7.61. The van der Waals surface area contributed by atoms with E-state index in [-0.39, 0.29) is 6.10 Å². The molecule has 0 radical (unpaired) electrons. The second-order valence-corrected chi connectivity index (χ2v) is 4.33. The van der Waals surface area contributed by atoms with Crippen LogP contribution in [0.5, 0.6) is 0 Å². The predicted molar refractivity (Wildman–Crippen MR) is 63.2 cm³/mol. The lowest BCUT2D eigenvalue weighted by Gasteiger charge is -2.19. The van der Waals surface area contributed by atoms with Gasteiger partial charge in [0.15, 0.2) is 0 Å². The Balaban J connectivity index is 2.87. The Morgan fingerprint density at radius 2 is 2.25 bits per heavy atom. The second-order valence-electron chi connectivity index (χ2n) is 3.48. The van der Waals surface area contributed by atoms with Gasteiger partial charge in [0.25, 0.3) is 0 Å². The van der Waals surface area contributed by atoms with Gasteiger partial charge >= 0.3 is 0 Å². The molecule has 2 atom stereocenters. The average molecular weight is 293 g/mol. The molecule has 0 aliphatic rings. The molecule has 0 aromatic carbocycles. The maximum Gasteiger partial charge on any atom is 0.123 e. The van der Waals surface area contributed by atoms with Gasteiger partial charge in [0.2, 0.25) is 0 Å². The molecule has 92 valence electrons. The lowest BCUT2D eigenvalue weighted by atomic mass is 10.1. The minimum absolute atomic E-state index is 0.283. The third kappa shape index (κ3) is 3.04. The van der Waals surface area contributed by atoms with Gasteiger partial charge in [0, 0.05) is 14.2 Å². The van der Waals surface area contributed by atoms with Crippen LogP contribution in [0.3, 0.4) is 0 Å². The molecule has 0 aliphatic heterocycles. The number of hydrogen-bond donors (Lipinski definition) is 1. The van der Waals surface area contributed by atoms with E-state index >= 15 is 0 Å². The topological polar surface area (TPSA) is 56.5 Å². The van der Waals surface area contributed by atoms with Crippen molar-refractivity contribution >= 4 is 15.9 Å². The van der Waals surface area contributed by atoms with Crippen molar-refractivity contribution in [1.82, 2.24) is 9.78 Å². The summed E-state index contributed by atoms with van der Waals surface area (Å²) in [4.78, 5) is 0. The normalized spacial score (nSPS) is 15.1. The molecule has 0 aliphatic carbocycles. The number of aromatic nitrogens is 2. The zero-order valence-electron chi connectivity index (χ0n) is 9.68. The summed E-state index contributed by atoms with van der Waals surface area (Å²) in [6, 6.07) is 0. The maximum absolute atomic E-state index is 10.1. The molecule has 1 rings (SSSR count). The van der Waals surface area contributed by atoms with Crippen molar-refractivity contribution in [1.29, 1.82) is 0 Å². The van der Waals surface area contributed by atoms with Crippen molar-refractivity contribution in [3.05, 3.63) is 16.4 Å². The summed E-state index contributed by atoms with van der Waals surface area (Å²) < 4.78 is 12.6. The zero-order valence-corrected chi connectivity index (χ0v) is 11.3. The number of ether oxygens (including phenoxy) is 2. The van der Waals surface area contributed by atoms with E-state index < -0.39 is 6.10 Å². The minimum Gasteiger partial charge on any atom is -0.384 e. The number of aliphatic hydroxyl groups is 1. The Bertz CT molecular complexity index is 330. The van der Waals surface area contributed by atoms with Crippen molar-refractivity contribution in [2.75, 3.05) is 20.8 Å². The third-order valence-corrected chi connectivity index (χ3v) is 3.05. The minimum atomic E-state index is -0.710. The molecule has 1 aromatic rings. The lowest BCUT2D eigenvalue weighted by molar-refractivity contribution is -0.00679. The lowest BCUT2D eigenvalue weighted by Crippen LogP contribution is -2.22. The summed E-state index contributed by atoms with van der Waals surface area (Å²) in [6.45, 7) is 2.96. The smallest absolute Gasteiger partial charge is 0.123 e. The van der Waals surface area contributed by atoms with Gasteiger partial charge in [-0.2, -0.15) is 5.10 Å². The Hall–Kier alpha value is -0.430. The number of halogens is 1. The van der Waals surface area contributed by atoms with Crippen LogP contribution in [0, 0.1) is 0 Å². The van der Waals surface area contributed by atoms with Gasteiger partial charge in [-0.25, -0.2) is 0 Å². The fourth-order valence-corrected chi connectivity index (χ4v) is 1.90. The standard InChI is InChI=1S/C10H17BrN2O3/c1-7(16-3)10(14)9-8(11)6-12-13(9)4-5-15-2/h6-7,10,14H,4-5H2,1-3H3. The molecule has 0 spiro atoms. The van der Waals surface area contributed by atoms with Gasteiger partial charge in [-0.1, -0.05) is 0 Å². The Morgan fingerprint density at radius 3 is 2.81 bits per heavy atom. The second kappa shape index (κ2) is 6.34. The quantitative estimate of drug-likeness (QED) is 0.860. The van der Waals surface area contributed by atoms with Gasteiger partial charge in [-0.3, -0.25) is 4.68 Å². The van der Waals surface area contributed by atoms with E-state index in [1.807, 2.05) is 6.92 Å². The first-order valence-electron chi connectivity index (χ1n) is 5.02. The van der Waals surface area contributed by atoms with Gasteiger partial charge in [0.05, 0.1) is 35.6 Å². The first kappa shape index (κ1) is 13.6. The molecule has 16 heavy (non-hydrogen) atoms. The van der Waals surface area contributed by atoms with E-state index in [1.165, 1.54) is 0 Å². The summed E-state index contributed by atoms with van der Waals surface area (Å²) >= 11 is 3.37. The molecule has 1 heterocycles. The Labute approximate surface area is 103 Å². The van der Waals surface area contributed by atoms with Crippen molar-refractivity contribution in [3.8, 4) is 0 Å². The monoisotopic (exact) mass is 292 g/mol. The van der Waals surface area contributed by atoms with Crippen LogP contribution in [0.4, 0.5) is 0 Å². The molecule has 0 saturated carbocycles. The van der Waals surface area contributed by atoms with Crippen LogP contribution in [0.2, 0.25) is 0 Å². The molecule has 0 amide bonds. The van der Waals surface area contributed by atoms with E-state index in [0.717, 1.165) is 4.47 Å². The molecule has 2 unspecified atom stereocenters. The summed E-state index contributed by atoms with van der Waals surface area (Å²) in [7, 11) is 3.20. The maximum atomic E-state index is 10.1. The fraction of sp³-hybridized carbons (Fsp3) is 0.700. The summed E-state index contributed by atoms with van der Waals surface area (Å²) in [5.74, 6) is 0.